The number of benzene rings is 1. The molecule has 0 aromatic heterocycles. The Balaban J connectivity index is 0.00000225. The summed E-state index contributed by atoms with van der Waals surface area (Å²) in [5.41, 5.74) is 3.72. The molecule has 8 nitrogen and oxygen atoms in total. The van der Waals surface area contributed by atoms with Crippen molar-refractivity contribution in [3.8, 4) is 5.75 Å². The Morgan fingerprint density at radius 1 is 1.38 bits per heavy atom. The molecular formula is C6H5N2NaO6S. The molecule has 1 rings (SSSR count). The quantitative estimate of drug-likeness (QED) is 0.186. The fourth-order valence-corrected chi connectivity index (χ4v) is 1.54. The predicted octanol–water partition coefficient (Wildman–Crippen LogP) is -3.21. The second-order valence-electron chi connectivity index (χ2n) is 2.56. The van der Waals surface area contributed by atoms with Crippen LogP contribution < -0.4 is 35.3 Å². The number of aromatic hydroxyl groups is 1. The first-order valence-electron chi connectivity index (χ1n) is 3.47. The average molecular weight is 256 g/mol. The summed E-state index contributed by atoms with van der Waals surface area (Å²) in [4.78, 5) is 8.25. The normalized spacial score (nSPS) is 10.6. The maximum Gasteiger partial charge on any atom is 1.00 e. The van der Waals surface area contributed by atoms with Gasteiger partial charge in [-0.3, -0.25) is 10.1 Å². The molecule has 0 aliphatic carbocycles. The molecule has 0 saturated heterocycles. The summed E-state index contributed by atoms with van der Waals surface area (Å²) >= 11 is 0. The maximum absolute atomic E-state index is 10.6. The molecule has 3 N–H and O–H groups in total. The Hall–Kier alpha value is -0.870. The van der Waals surface area contributed by atoms with E-state index in [0.29, 0.717) is 6.07 Å². The minimum Gasteiger partial charge on any atom is -0.744 e. The number of nitro groups is 1. The summed E-state index contributed by atoms with van der Waals surface area (Å²) in [6.45, 7) is 0. The van der Waals surface area contributed by atoms with Gasteiger partial charge in [-0.25, -0.2) is 8.42 Å². The van der Waals surface area contributed by atoms with Crippen molar-refractivity contribution in [3.63, 3.8) is 0 Å². The van der Waals surface area contributed by atoms with Gasteiger partial charge in [-0.1, -0.05) is 0 Å². The van der Waals surface area contributed by atoms with Gasteiger partial charge in [-0.2, -0.15) is 0 Å². The molecule has 0 fully saturated rings. The fourth-order valence-electron chi connectivity index (χ4n) is 0.970. The molecule has 0 radical (unpaired) electrons. The second kappa shape index (κ2) is 4.97. The zero-order chi connectivity index (χ0) is 11.8. The first-order valence-corrected chi connectivity index (χ1v) is 4.87. The Kier molecular flexibility index (Phi) is 4.70. The number of nitrogens with zero attached hydrogens (tertiary/aromatic N) is 1. The minimum absolute atomic E-state index is 0. The van der Waals surface area contributed by atoms with Crippen LogP contribution >= 0.6 is 0 Å². The second-order valence-corrected chi connectivity index (χ2v) is 3.91. The molecule has 0 atom stereocenters. The van der Waals surface area contributed by atoms with Gasteiger partial charge in [0.2, 0.25) is 5.75 Å². The Bertz CT molecular complexity index is 528. The molecule has 0 saturated carbocycles. The van der Waals surface area contributed by atoms with Crippen LogP contribution in [0.25, 0.3) is 0 Å². The third kappa shape index (κ3) is 2.83. The van der Waals surface area contributed by atoms with Crippen molar-refractivity contribution >= 4 is 21.5 Å². The standard InChI is InChI=1S/C6H6N2O6S.Na/c7-3-1-2-4(15(12,13)14)6(9)5(3)8(10)11;/h1-2,9H,7H2,(H,12,13,14);/q;+1/p-1. The smallest absolute Gasteiger partial charge is 0.744 e. The molecule has 10 heteroatoms. The number of nitro benzene ring substituents is 1. The SMILES string of the molecule is Nc1ccc(S(=O)(=O)[O-])c(O)c1[N+](=O)[O-].[Na+]. The molecule has 1 aromatic rings. The third-order valence-electron chi connectivity index (χ3n) is 1.60. The molecule has 0 unspecified atom stereocenters. The maximum atomic E-state index is 10.6. The zero-order valence-corrected chi connectivity index (χ0v) is 10.9. The number of hydrogen-bond donors (Lipinski definition) is 2. The summed E-state index contributed by atoms with van der Waals surface area (Å²) < 4.78 is 31.7. The topological polar surface area (TPSA) is 147 Å². The molecule has 0 aliphatic heterocycles. The van der Waals surface area contributed by atoms with E-state index in [1.54, 1.807) is 0 Å². The van der Waals surface area contributed by atoms with Gasteiger partial charge in [0.15, 0.2) is 0 Å². The van der Waals surface area contributed by atoms with Crippen molar-refractivity contribution in [1.82, 2.24) is 0 Å². The third-order valence-corrected chi connectivity index (χ3v) is 2.47. The number of rotatable bonds is 2. The molecular weight excluding hydrogens is 251 g/mol. The fraction of sp³-hybridized carbons (Fsp3) is 0. The van der Waals surface area contributed by atoms with Crippen LogP contribution in [0.1, 0.15) is 0 Å². The molecule has 0 bridgehead atoms. The van der Waals surface area contributed by atoms with Crippen molar-refractivity contribution in [3.05, 3.63) is 22.2 Å². The number of anilines is 1. The predicted molar refractivity (Wildman–Crippen MR) is 47.1 cm³/mol. The van der Waals surface area contributed by atoms with E-state index in [0.717, 1.165) is 6.07 Å². The number of nitrogens with two attached hydrogens (primary N) is 1. The minimum atomic E-state index is -4.97. The Morgan fingerprint density at radius 3 is 2.25 bits per heavy atom. The first kappa shape index (κ1) is 15.1. The monoisotopic (exact) mass is 256 g/mol. The van der Waals surface area contributed by atoms with Crippen LogP contribution in [0.5, 0.6) is 5.75 Å². The van der Waals surface area contributed by atoms with Crippen molar-refractivity contribution in [2.45, 2.75) is 4.90 Å². The van der Waals surface area contributed by atoms with Crippen LogP contribution in [0.3, 0.4) is 0 Å². The van der Waals surface area contributed by atoms with Gasteiger partial charge >= 0.3 is 35.2 Å². The molecule has 82 valence electrons. The van der Waals surface area contributed by atoms with E-state index in [-0.39, 0.29) is 29.6 Å². The van der Waals surface area contributed by atoms with Crippen LogP contribution in [0.2, 0.25) is 0 Å². The van der Waals surface area contributed by atoms with Crippen LogP contribution in [0.15, 0.2) is 17.0 Å². The van der Waals surface area contributed by atoms with Gasteiger partial charge in [-0.05, 0) is 12.1 Å². The average Bonchev–Trinajstić information content (AvgIpc) is 2.00. The molecule has 1 aromatic carbocycles. The summed E-state index contributed by atoms with van der Waals surface area (Å²) in [7, 11) is -4.97. The first-order chi connectivity index (χ1) is 6.75. The van der Waals surface area contributed by atoms with Gasteiger partial charge in [0.1, 0.15) is 20.7 Å². The molecule has 0 heterocycles. The molecule has 0 amide bonds. The van der Waals surface area contributed by atoms with Crippen LogP contribution in [0, 0.1) is 10.1 Å². The Morgan fingerprint density at radius 2 is 1.88 bits per heavy atom. The van der Waals surface area contributed by atoms with E-state index < -0.39 is 37.1 Å². The largest absolute Gasteiger partial charge is 1.00 e. The van der Waals surface area contributed by atoms with Crippen molar-refractivity contribution in [2.24, 2.45) is 0 Å². The van der Waals surface area contributed by atoms with E-state index >= 15 is 0 Å². The van der Waals surface area contributed by atoms with Gasteiger partial charge in [0.25, 0.3) is 0 Å². The molecule has 16 heavy (non-hydrogen) atoms. The zero-order valence-electron chi connectivity index (χ0n) is 8.08. The number of hydrogen-bond acceptors (Lipinski definition) is 7. The van der Waals surface area contributed by atoms with Crippen LogP contribution in [-0.4, -0.2) is 23.0 Å². The summed E-state index contributed by atoms with van der Waals surface area (Å²) in [5.74, 6) is -1.24. The van der Waals surface area contributed by atoms with E-state index in [9.17, 15) is 28.2 Å². The molecule has 0 spiro atoms. The van der Waals surface area contributed by atoms with Crippen molar-refractivity contribution in [1.29, 1.82) is 0 Å². The van der Waals surface area contributed by atoms with E-state index in [4.69, 9.17) is 5.73 Å². The number of phenols is 1. The van der Waals surface area contributed by atoms with Crippen LogP contribution in [0.4, 0.5) is 11.4 Å². The van der Waals surface area contributed by atoms with E-state index in [2.05, 4.69) is 0 Å². The van der Waals surface area contributed by atoms with Crippen LogP contribution in [-0.2, 0) is 10.1 Å². The van der Waals surface area contributed by atoms with Gasteiger partial charge < -0.3 is 15.4 Å². The van der Waals surface area contributed by atoms with Gasteiger partial charge in [0.05, 0.1) is 4.92 Å². The van der Waals surface area contributed by atoms with Crippen molar-refractivity contribution in [2.75, 3.05) is 5.73 Å². The summed E-state index contributed by atoms with van der Waals surface area (Å²) in [6, 6.07) is 1.57. The van der Waals surface area contributed by atoms with Gasteiger partial charge in [0, 0.05) is 0 Å². The number of phenolic OH excluding ortho intramolecular Hbond substituents is 1. The Labute approximate surface area is 112 Å². The van der Waals surface area contributed by atoms with Gasteiger partial charge in [-0.15, -0.1) is 0 Å². The van der Waals surface area contributed by atoms with Crippen molar-refractivity contribution < 1.29 is 52.6 Å². The summed E-state index contributed by atoms with van der Waals surface area (Å²) in [6.07, 6.45) is 0. The molecule has 0 aliphatic rings. The number of nitrogen functional groups attached to an aromatic ring is 1. The van der Waals surface area contributed by atoms with E-state index in [1.807, 2.05) is 0 Å². The van der Waals surface area contributed by atoms with E-state index in [1.165, 1.54) is 0 Å². The summed E-state index contributed by atoms with van der Waals surface area (Å²) in [5, 5.41) is 19.6.